The second-order valence-corrected chi connectivity index (χ2v) is 15.0. The Bertz CT molecular complexity index is 1680. The number of benzene rings is 1. The van der Waals surface area contributed by atoms with E-state index in [1.807, 2.05) is 0 Å². The zero-order valence-corrected chi connectivity index (χ0v) is 29.8. The summed E-state index contributed by atoms with van der Waals surface area (Å²) in [6.45, 7) is 8.73. The molecule has 4 aliphatic rings. The molecule has 1 aliphatic carbocycles. The fraction of sp³-hybridized carbons (Fsp3) is 0.611. The minimum absolute atomic E-state index is 0.0180. The SMILES string of the molecule is CC(C)(C)OC(=O)Nc1cn([C@H]2CC[C@H](CN3CCC(OCCNc4cccc5c4C(=O)N(C4CCC(=O)NC4=O)C5=O)CC3)CC2)nc1C(F)F. The highest BCUT2D eigenvalue weighted by molar-refractivity contribution is 6.25. The Morgan fingerprint density at radius 3 is 2.40 bits per heavy atom. The van der Waals surface area contributed by atoms with Crippen molar-refractivity contribution in [2.75, 3.05) is 43.4 Å². The molecular formula is C36H47F2N7O7. The third-order valence-corrected chi connectivity index (χ3v) is 10.1. The van der Waals surface area contributed by atoms with Crippen LogP contribution in [0, 0.1) is 5.92 Å². The number of ether oxygens (including phenoxy) is 2. The average molecular weight is 728 g/mol. The summed E-state index contributed by atoms with van der Waals surface area (Å²) in [6.07, 6.45) is 3.44. The van der Waals surface area contributed by atoms with Crippen LogP contribution in [0.5, 0.6) is 0 Å². The summed E-state index contributed by atoms with van der Waals surface area (Å²) in [5.74, 6) is -1.66. The molecule has 2 aromatic rings. The van der Waals surface area contributed by atoms with E-state index in [-0.39, 0.29) is 41.8 Å². The Morgan fingerprint density at radius 2 is 1.73 bits per heavy atom. The van der Waals surface area contributed by atoms with Crippen LogP contribution in [0.15, 0.2) is 24.4 Å². The molecule has 4 heterocycles. The van der Waals surface area contributed by atoms with Gasteiger partial charge in [-0.25, -0.2) is 13.6 Å². The first-order valence-corrected chi connectivity index (χ1v) is 18.1. The van der Waals surface area contributed by atoms with E-state index in [9.17, 15) is 32.8 Å². The molecule has 1 atom stereocenters. The fourth-order valence-corrected chi connectivity index (χ4v) is 7.55. The largest absolute Gasteiger partial charge is 0.444 e. The van der Waals surface area contributed by atoms with Crippen molar-refractivity contribution in [2.45, 2.75) is 102 Å². The van der Waals surface area contributed by atoms with Gasteiger partial charge in [-0.3, -0.25) is 39.4 Å². The molecule has 2 saturated heterocycles. The van der Waals surface area contributed by atoms with Gasteiger partial charge in [-0.15, -0.1) is 0 Å². The van der Waals surface area contributed by atoms with Crippen molar-refractivity contribution >= 4 is 41.1 Å². The number of piperidine rings is 2. The first kappa shape index (κ1) is 37.3. The molecule has 3 N–H and O–H groups in total. The van der Waals surface area contributed by atoms with Crippen LogP contribution in [0.3, 0.4) is 0 Å². The number of nitrogens with one attached hydrogen (secondary N) is 3. The quantitative estimate of drug-likeness (QED) is 0.215. The van der Waals surface area contributed by atoms with Gasteiger partial charge >= 0.3 is 6.09 Å². The van der Waals surface area contributed by atoms with Crippen LogP contribution in [0.4, 0.5) is 25.0 Å². The molecule has 6 rings (SSSR count). The van der Waals surface area contributed by atoms with E-state index in [0.717, 1.165) is 63.1 Å². The molecule has 3 aliphatic heterocycles. The first-order chi connectivity index (χ1) is 24.8. The topological polar surface area (TPSA) is 164 Å². The van der Waals surface area contributed by atoms with Gasteiger partial charge in [-0.05, 0) is 83.8 Å². The van der Waals surface area contributed by atoms with Gasteiger partial charge < -0.3 is 19.7 Å². The zero-order chi connectivity index (χ0) is 37.2. The number of hydrogen-bond acceptors (Lipinski definition) is 10. The summed E-state index contributed by atoms with van der Waals surface area (Å²) >= 11 is 0. The van der Waals surface area contributed by atoms with Gasteiger partial charge in [0, 0.05) is 44.5 Å². The average Bonchev–Trinajstić information content (AvgIpc) is 3.62. The highest BCUT2D eigenvalue weighted by Crippen LogP contribution is 2.36. The lowest BCUT2D eigenvalue weighted by Crippen LogP contribution is -2.54. The molecule has 0 spiro atoms. The summed E-state index contributed by atoms with van der Waals surface area (Å²) < 4.78 is 40.4. The lowest BCUT2D eigenvalue weighted by molar-refractivity contribution is -0.136. The van der Waals surface area contributed by atoms with E-state index in [0.29, 0.717) is 24.8 Å². The number of likely N-dealkylation sites (tertiary alicyclic amines) is 1. The van der Waals surface area contributed by atoms with Crippen molar-refractivity contribution in [3.05, 3.63) is 41.2 Å². The summed E-state index contributed by atoms with van der Waals surface area (Å²) in [7, 11) is 0. The van der Waals surface area contributed by atoms with Crippen LogP contribution in [-0.2, 0) is 19.1 Å². The second kappa shape index (κ2) is 15.7. The van der Waals surface area contributed by atoms with Crippen LogP contribution in [0.1, 0.15) is 111 Å². The number of alkyl halides is 2. The van der Waals surface area contributed by atoms with E-state index in [1.54, 1.807) is 43.7 Å². The van der Waals surface area contributed by atoms with Crippen molar-refractivity contribution in [1.29, 1.82) is 0 Å². The molecule has 0 bridgehead atoms. The minimum atomic E-state index is -2.83. The van der Waals surface area contributed by atoms with Gasteiger partial charge in [0.25, 0.3) is 18.2 Å². The predicted octanol–water partition coefficient (Wildman–Crippen LogP) is 4.89. The van der Waals surface area contributed by atoms with Gasteiger partial charge in [0.1, 0.15) is 11.6 Å². The maximum absolute atomic E-state index is 13.7. The smallest absolute Gasteiger partial charge is 0.412 e. The highest BCUT2D eigenvalue weighted by atomic mass is 19.3. The molecule has 1 aromatic carbocycles. The van der Waals surface area contributed by atoms with Crippen molar-refractivity contribution in [3.63, 3.8) is 0 Å². The summed E-state index contributed by atoms with van der Waals surface area (Å²) in [5.41, 5.74) is -0.289. The molecule has 1 unspecified atom stereocenters. The lowest BCUT2D eigenvalue weighted by atomic mass is 9.85. The Morgan fingerprint density at radius 1 is 1.00 bits per heavy atom. The molecule has 5 amide bonds. The number of halogens is 2. The minimum Gasteiger partial charge on any atom is -0.444 e. The Labute approximate surface area is 300 Å². The summed E-state index contributed by atoms with van der Waals surface area (Å²) in [4.78, 5) is 66.0. The van der Waals surface area contributed by atoms with Gasteiger partial charge in [0.2, 0.25) is 11.8 Å². The Hall–Kier alpha value is -4.44. The molecular weight excluding hydrogens is 680 g/mol. The van der Waals surface area contributed by atoms with Crippen molar-refractivity contribution < 1.29 is 42.2 Å². The molecule has 52 heavy (non-hydrogen) atoms. The summed E-state index contributed by atoms with van der Waals surface area (Å²) in [5, 5.41) is 12.0. The maximum atomic E-state index is 13.7. The van der Waals surface area contributed by atoms with Gasteiger partial charge in [-0.2, -0.15) is 5.10 Å². The third kappa shape index (κ3) is 8.60. The van der Waals surface area contributed by atoms with Gasteiger partial charge in [-0.1, -0.05) is 6.07 Å². The number of aromatic nitrogens is 2. The maximum Gasteiger partial charge on any atom is 0.412 e. The molecule has 1 aromatic heterocycles. The van der Waals surface area contributed by atoms with Gasteiger partial charge in [0.15, 0.2) is 5.69 Å². The zero-order valence-electron chi connectivity index (χ0n) is 29.8. The number of nitrogens with zero attached hydrogens (tertiary/aromatic N) is 4. The standard InChI is InChI=1S/C36H47F2N7O7/c1-36(2,3)52-35(50)40-26-20-44(42-30(26)31(37)38)22-9-7-21(8-10-22)19-43-16-13-23(14-17-43)51-18-15-39-25-6-4-5-24-29(25)34(49)45(33(24)48)27-11-12-28(46)41-32(27)47/h4-6,20-23,27,31,39H,7-19H2,1-3H3,(H,40,50)(H,41,46,47)/t21-,22-,27?. The van der Waals surface area contributed by atoms with Crippen molar-refractivity contribution in [2.24, 2.45) is 5.92 Å². The Balaban J connectivity index is 0.911. The van der Waals surface area contributed by atoms with Crippen molar-refractivity contribution in [3.8, 4) is 0 Å². The number of carbonyl (C=O) groups excluding carboxylic acids is 5. The van der Waals surface area contributed by atoms with Crippen LogP contribution in [-0.4, -0.2) is 99.8 Å². The van der Waals surface area contributed by atoms with E-state index in [2.05, 4.69) is 25.9 Å². The van der Waals surface area contributed by atoms with E-state index < -0.39 is 53.5 Å². The third-order valence-electron chi connectivity index (χ3n) is 10.1. The fourth-order valence-electron chi connectivity index (χ4n) is 7.55. The Kier molecular flexibility index (Phi) is 11.2. The van der Waals surface area contributed by atoms with Gasteiger partial charge in [0.05, 0.1) is 35.6 Å². The second-order valence-electron chi connectivity index (χ2n) is 15.0. The molecule has 16 heteroatoms. The van der Waals surface area contributed by atoms with Crippen LogP contribution in [0.25, 0.3) is 0 Å². The number of fused-ring (bicyclic) bond motifs is 1. The monoisotopic (exact) mass is 727 g/mol. The number of imide groups is 2. The summed E-state index contributed by atoms with van der Waals surface area (Å²) in [6, 6.07) is 3.94. The molecule has 3 fully saturated rings. The number of carbonyl (C=O) groups is 5. The number of rotatable bonds is 11. The molecule has 1 saturated carbocycles. The van der Waals surface area contributed by atoms with E-state index in [1.165, 1.54) is 6.20 Å². The van der Waals surface area contributed by atoms with Crippen LogP contribution < -0.4 is 16.0 Å². The number of hydrogen-bond donors (Lipinski definition) is 3. The van der Waals surface area contributed by atoms with E-state index in [4.69, 9.17) is 9.47 Å². The normalized spacial score (nSPS) is 23.2. The first-order valence-electron chi connectivity index (χ1n) is 18.1. The number of anilines is 2. The van der Waals surface area contributed by atoms with Crippen molar-refractivity contribution in [1.82, 2.24) is 24.9 Å². The van der Waals surface area contributed by atoms with E-state index >= 15 is 0 Å². The molecule has 282 valence electrons. The molecule has 0 radical (unpaired) electrons. The predicted molar refractivity (Wildman–Crippen MR) is 185 cm³/mol. The van der Waals surface area contributed by atoms with Crippen LogP contribution >= 0.6 is 0 Å². The van der Waals surface area contributed by atoms with Crippen LogP contribution in [0.2, 0.25) is 0 Å². The number of amides is 5. The highest BCUT2D eigenvalue weighted by Gasteiger charge is 2.45. The molecule has 14 nitrogen and oxygen atoms in total. The lowest BCUT2D eigenvalue weighted by Gasteiger charge is -2.36.